The molecule has 1 aromatic carbocycles. The van der Waals surface area contributed by atoms with Crippen LogP contribution in [0.25, 0.3) is 26.7 Å². The van der Waals surface area contributed by atoms with E-state index in [1.165, 1.54) is 51.5 Å². The highest BCUT2D eigenvalue weighted by Crippen LogP contribution is 2.29. The number of rotatable bonds is 4. The first kappa shape index (κ1) is 19.7. The summed E-state index contributed by atoms with van der Waals surface area (Å²) in [6.07, 6.45) is 4.91. The Labute approximate surface area is 187 Å². The van der Waals surface area contributed by atoms with Gasteiger partial charge in [-0.3, -0.25) is 4.98 Å². The number of hydrogen-bond donors (Lipinski definition) is 1. The molecule has 0 saturated heterocycles. The van der Waals surface area contributed by atoms with E-state index < -0.39 is 11.4 Å². The van der Waals surface area contributed by atoms with E-state index in [1.54, 1.807) is 29.2 Å². The second kappa shape index (κ2) is 7.80. The highest BCUT2D eigenvalue weighted by Gasteiger charge is 2.29. The molecule has 0 saturated carbocycles. The minimum atomic E-state index is -0.510. The molecule has 0 radical (unpaired) electrons. The number of nitrogens with zero attached hydrogens (tertiary/aromatic N) is 5. The molecular weight excluding hydrogens is 461 g/mol. The van der Waals surface area contributed by atoms with Gasteiger partial charge in [0.15, 0.2) is 15.0 Å². The van der Waals surface area contributed by atoms with Gasteiger partial charge < -0.3 is 5.11 Å². The largest absolute Gasteiger partial charge is 0.477 e. The smallest absolute Gasteiger partial charge is 0.375 e. The van der Waals surface area contributed by atoms with Gasteiger partial charge in [0.2, 0.25) is 0 Å². The van der Waals surface area contributed by atoms with Crippen molar-refractivity contribution in [3.63, 3.8) is 0 Å². The lowest BCUT2D eigenvalue weighted by Crippen LogP contribution is -2.40. The van der Waals surface area contributed by atoms with Crippen LogP contribution in [0.4, 0.5) is 4.39 Å². The third-order valence-corrected chi connectivity index (χ3v) is 6.74. The fraction of sp³-hybridized carbons (Fsp3) is 0.0500. The van der Waals surface area contributed by atoms with E-state index in [-0.39, 0.29) is 18.0 Å². The van der Waals surface area contributed by atoms with Crippen LogP contribution >= 0.6 is 34.3 Å². The van der Waals surface area contributed by atoms with Crippen molar-refractivity contribution in [2.24, 2.45) is 0 Å². The van der Waals surface area contributed by atoms with Crippen molar-refractivity contribution in [1.82, 2.24) is 19.6 Å². The summed E-state index contributed by atoms with van der Waals surface area (Å²) in [5.74, 6) is -0.688. The van der Waals surface area contributed by atoms with Crippen molar-refractivity contribution in [2.75, 3.05) is 0 Å². The second-order valence-electron chi connectivity index (χ2n) is 6.52. The molecule has 0 aliphatic rings. The van der Waals surface area contributed by atoms with Crippen LogP contribution in [-0.4, -0.2) is 24.7 Å². The van der Waals surface area contributed by atoms with E-state index in [2.05, 4.69) is 15.1 Å². The Kier molecular flexibility index (Phi) is 4.97. The molecule has 0 spiro atoms. The van der Waals surface area contributed by atoms with Crippen LogP contribution in [0.15, 0.2) is 59.8 Å². The van der Waals surface area contributed by atoms with Crippen LogP contribution in [0.5, 0.6) is 5.88 Å². The quantitative estimate of drug-likeness (QED) is 0.402. The molecule has 0 atom stereocenters. The first-order valence-electron chi connectivity index (χ1n) is 8.96. The SMILES string of the molecule is O=c1c(-c2ccc(F)cc2)c(O)[n+](Cc2cnc(Cl)s2)c2sc(-c3cccnc3)nn12. The highest BCUT2D eigenvalue weighted by atomic mass is 35.5. The summed E-state index contributed by atoms with van der Waals surface area (Å²) in [5.41, 5.74) is 0.636. The maximum Gasteiger partial charge on any atom is 0.375 e. The minimum Gasteiger partial charge on any atom is -0.477 e. The molecule has 4 aromatic heterocycles. The number of aromatic hydroxyl groups is 1. The summed E-state index contributed by atoms with van der Waals surface area (Å²) in [6, 6.07) is 8.97. The van der Waals surface area contributed by atoms with E-state index in [4.69, 9.17) is 11.6 Å². The molecular formula is C20H12ClFN5O2S2+. The van der Waals surface area contributed by atoms with Crippen LogP contribution < -0.4 is 10.1 Å². The van der Waals surface area contributed by atoms with Gasteiger partial charge in [0, 0.05) is 24.2 Å². The Morgan fingerprint density at radius 1 is 1.13 bits per heavy atom. The molecule has 31 heavy (non-hydrogen) atoms. The Hall–Kier alpha value is -3.21. The molecule has 0 unspecified atom stereocenters. The molecule has 5 rings (SSSR count). The molecule has 7 nitrogen and oxygen atoms in total. The van der Waals surface area contributed by atoms with Crippen LogP contribution in [-0.2, 0) is 6.54 Å². The maximum atomic E-state index is 13.4. The highest BCUT2D eigenvalue weighted by molar-refractivity contribution is 7.19. The number of aromatic nitrogens is 5. The molecule has 0 aliphatic carbocycles. The number of halogens is 2. The Morgan fingerprint density at radius 3 is 2.61 bits per heavy atom. The van der Waals surface area contributed by atoms with Crippen molar-refractivity contribution in [3.8, 4) is 27.6 Å². The summed E-state index contributed by atoms with van der Waals surface area (Å²) in [4.78, 5) is 22.6. The molecule has 4 heterocycles. The van der Waals surface area contributed by atoms with Crippen molar-refractivity contribution >= 4 is 39.2 Å². The molecule has 0 bridgehead atoms. The molecule has 11 heteroatoms. The number of pyridine rings is 1. The number of hydrogen-bond acceptors (Lipinski definition) is 7. The zero-order valence-electron chi connectivity index (χ0n) is 15.6. The summed E-state index contributed by atoms with van der Waals surface area (Å²) in [5, 5.41) is 16.2. The van der Waals surface area contributed by atoms with Gasteiger partial charge in [0.05, 0.1) is 4.88 Å². The van der Waals surface area contributed by atoms with E-state index in [0.29, 0.717) is 20.0 Å². The predicted octanol–water partition coefficient (Wildman–Crippen LogP) is 3.78. The monoisotopic (exact) mass is 472 g/mol. The summed E-state index contributed by atoms with van der Waals surface area (Å²) >= 11 is 8.48. The lowest BCUT2D eigenvalue weighted by molar-refractivity contribution is -0.669. The second-order valence-corrected chi connectivity index (χ2v) is 9.17. The normalized spacial score (nSPS) is 11.3. The summed E-state index contributed by atoms with van der Waals surface area (Å²) in [6.45, 7) is 0.225. The predicted molar refractivity (Wildman–Crippen MR) is 116 cm³/mol. The fourth-order valence-corrected chi connectivity index (χ4v) is 5.11. The molecule has 0 fully saturated rings. The number of benzene rings is 1. The van der Waals surface area contributed by atoms with Gasteiger partial charge in [-0.05, 0) is 45.7 Å². The lowest BCUT2D eigenvalue weighted by atomic mass is 10.1. The zero-order valence-corrected chi connectivity index (χ0v) is 18.0. The van der Waals surface area contributed by atoms with Gasteiger partial charge in [-0.2, -0.15) is 4.57 Å². The van der Waals surface area contributed by atoms with Crippen molar-refractivity contribution in [2.45, 2.75) is 6.54 Å². The van der Waals surface area contributed by atoms with E-state index in [1.807, 2.05) is 6.07 Å². The topological polar surface area (TPSA) is 84.3 Å². The number of fused-ring (bicyclic) bond motifs is 1. The van der Waals surface area contributed by atoms with Crippen molar-refractivity contribution < 1.29 is 14.1 Å². The van der Waals surface area contributed by atoms with Gasteiger partial charge in [0.25, 0.3) is 5.88 Å². The molecule has 154 valence electrons. The minimum absolute atomic E-state index is 0.0242. The first-order valence-corrected chi connectivity index (χ1v) is 11.0. The Balaban J connectivity index is 1.79. The van der Waals surface area contributed by atoms with Gasteiger partial charge in [-0.15, -0.1) is 11.3 Å². The van der Waals surface area contributed by atoms with Gasteiger partial charge in [-0.1, -0.05) is 28.8 Å². The molecule has 0 aliphatic heterocycles. The van der Waals surface area contributed by atoms with Crippen LogP contribution in [0.1, 0.15) is 4.88 Å². The number of thiazole rings is 1. The molecule has 0 amide bonds. The maximum absolute atomic E-state index is 13.4. The fourth-order valence-electron chi connectivity index (χ4n) is 3.14. The Morgan fingerprint density at radius 2 is 1.94 bits per heavy atom. The van der Waals surface area contributed by atoms with E-state index in [9.17, 15) is 14.3 Å². The van der Waals surface area contributed by atoms with Crippen LogP contribution in [0, 0.1) is 5.82 Å². The van der Waals surface area contributed by atoms with Gasteiger partial charge in [0.1, 0.15) is 12.4 Å². The average Bonchev–Trinajstić information content (AvgIpc) is 3.40. The van der Waals surface area contributed by atoms with Gasteiger partial charge >= 0.3 is 10.5 Å². The van der Waals surface area contributed by atoms with Crippen LogP contribution in [0.2, 0.25) is 4.47 Å². The summed E-state index contributed by atoms with van der Waals surface area (Å²) in [7, 11) is 0. The first-order chi connectivity index (χ1) is 15.0. The third kappa shape index (κ3) is 3.58. The standard InChI is InChI=1S/C20H11ClFN5O2S2/c21-19-24-9-14(30-19)10-26-17(28)15(11-3-5-13(22)6-4-11)18(29)27-20(26)31-16(25-27)12-2-1-7-23-8-12/h1-9H,10H2/p+1. The van der Waals surface area contributed by atoms with Crippen LogP contribution in [0.3, 0.4) is 0 Å². The Bertz CT molecular complexity index is 1470. The average molecular weight is 473 g/mol. The lowest BCUT2D eigenvalue weighted by Gasteiger charge is -2.06. The zero-order chi connectivity index (χ0) is 21.5. The van der Waals surface area contributed by atoms with Gasteiger partial charge in [-0.25, -0.2) is 14.2 Å². The third-order valence-electron chi connectivity index (χ3n) is 4.56. The molecule has 5 aromatic rings. The van der Waals surface area contributed by atoms with E-state index >= 15 is 0 Å². The van der Waals surface area contributed by atoms with Crippen molar-refractivity contribution in [3.05, 3.63) is 80.5 Å². The van der Waals surface area contributed by atoms with Crippen molar-refractivity contribution in [1.29, 1.82) is 0 Å². The summed E-state index contributed by atoms with van der Waals surface area (Å²) < 4.78 is 16.6. The molecule has 1 N–H and O–H groups in total. The van der Waals surface area contributed by atoms with E-state index in [0.717, 1.165) is 10.4 Å².